The van der Waals surface area contributed by atoms with Crippen LogP contribution in [0.25, 0.3) is 11.3 Å². The maximum absolute atomic E-state index is 4.58. The molecule has 0 bridgehead atoms. The van der Waals surface area contributed by atoms with Crippen molar-refractivity contribution in [1.29, 1.82) is 0 Å². The Morgan fingerprint density at radius 1 is 1.15 bits per heavy atom. The van der Waals surface area contributed by atoms with Crippen LogP contribution in [0.5, 0.6) is 0 Å². The van der Waals surface area contributed by atoms with Crippen molar-refractivity contribution in [2.24, 2.45) is 0 Å². The lowest BCUT2D eigenvalue weighted by Crippen LogP contribution is -2.19. The Hall–Kier alpha value is -2.46. The summed E-state index contributed by atoms with van der Waals surface area (Å²) in [7, 11) is 0. The standard InChI is InChI=1S/C22H26N4/c1-3-26-15-18(13-24-26)14-25-11-9-21(16-25)20-8-10-23-22(12-20)19-6-4-17(2)5-7-19/h4-8,10,12-13,15,21H,3,9,11,14,16H2,1-2H3/t21-/m1/s1. The summed E-state index contributed by atoms with van der Waals surface area (Å²) in [5.74, 6) is 0.586. The van der Waals surface area contributed by atoms with E-state index in [0.717, 1.165) is 31.9 Å². The van der Waals surface area contributed by atoms with Crippen LogP contribution in [0.15, 0.2) is 55.0 Å². The lowest BCUT2D eigenvalue weighted by molar-refractivity contribution is 0.326. The minimum absolute atomic E-state index is 0.586. The molecular formula is C22H26N4. The summed E-state index contributed by atoms with van der Waals surface area (Å²) < 4.78 is 2.00. The average Bonchev–Trinajstić information content (AvgIpc) is 3.32. The summed E-state index contributed by atoms with van der Waals surface area (Å²) in [4.78, 5) is 7.12. The van der Waals surface area contributed by atoms with Gasteiger partial charge in [0, 0.05) is 43.2 Å². The molecule has 0 aliphatic carbocycles. The normalized spacial score (nSPS) is 17.7. The molecule has 1 aromatic carbocycles. The smallest absolute Gasteiger partial charge is 0.0704 e. The molecule has 0 spiro atoms. The Morgan fingerprint density at radius 3 is 2.77 bits per heavy atom. The molecular weight excluding hydrogens is 320 g/mol. The van der Waals surface area contributed by atoms with Crippen LogP contribution in [0.4, 0.5) is 0 Å². The van der Waals surface area contributed by atoms with Gasteiger partial charge >= 0.3 is 0 Å². The minimum atomic E-state index is 0.586. The van der Waals surface area contributed by atoms with Gasteiger partial charge in [-0.25, -0.2) is 0 Å². The predicted molar refractivity (Wildman–Crippen MR) is 105 cm³/mol. The van der Waals surface area contributed by atoms with Gasteiger partial charge in [-0.2, -0.15) is 5.10 Å². The van der Waals surface area contributed by atoms with Crippen molar-refractivity contribution in [2.45, 2.75) is 39.3 Å². The van der Waals surface area contributed by atoms with Gasteiger partial charge in [-0.05, 0) is 50.4 Å². The van der Waals surface area contributed by atoms with Crippen molar-refractivity contribution >= 4 is 0 Å². The van der Waals surface area contributed by atoms with Gasteiger partial charge in [0.2, 0.25) is 0 Å². The van der Waals surface area contributed by atoms with Crippen molar-refractivity contribution in [1.82, 2.24) is 19.7 Å². The molecule has 3 aromatic rings. The van der Waals surface area contributed by atoms with Gasteiger partial charge in [0.15, 0.2) is 0 Å². The SMILES string of the molecule is CCn1cc(CN2CC[C@@H](c3ccnc(-c4ccc(C)cc4)c3)C2)cn1. The largest absolute Gasteiger partial charge is 0.298 e. The van der Waals surface area contributed by atoms with Crippen LogP contribution in [-0.2, 0) is 13.1 Å². The molecule has 3 heterocycles. The molecule has 4 heteroatoms. The highest BCUT2D eigenvalue weighted by Gasteiger charge is 2.24. The zero-order valence-corrected chi connectivity index (χ0v) is 15.6. The molecule has 4 nitrogen and oxygen atoms in total. The highest BCUT2D eigenvalue weighted by atomic mass is 15.3. The van der Waals surface area contributed by atoms with E-state index in [2.05, 4.69) is 71.4 Å². The number of rotatable bonds is 5. The van der Waals surface area contributed by atoms with E-state index in [1.165, 1.54) is 28.7 Å². The van der Waals surface area contributed by atoms with Crippen LogP contribution < -0.4 is 0 Å². The van der Waals surface area contributed by atoms with E-state index >= 15 is 0 Å². The molecule has 1 saturated heterocycles. The second kappa shape index (κ2) is 7.42. The molecule has 0 radical (unpaired) electrons. The molecule has 0 amide bonds. The summed E-state index contributed by atoms with van der Waals surface area (Å²) in [6.45, 7) is 8.41. The van der Waals surface area contributed by atoms with Crippen LogP contribution >= 0.6 is 0 Å². The van der Waals surface area contributed by atoms with Crippen molar-refractivity contribution in [2.75, 3.05) is 13.1 Å². The van der Waals surface area contributed by atoms with Crippen LogP contribution in [0.1, 0.15) is 36.0 Å². The monoisotopic (exact) mass is 346 g/mol. The fourth-order valence-electron chi connectivity index (χ4n) is 3.75. The number of likely N-dealkylation sites (tertiary alicyclic amines) is 1. The third kappa shape index (κ3) is 3.70. The number of pyridine rings is 1. The highest BCUT2D eigenvalue weighted by molar-refractivity contribution is 5.60. The summed E-state index contributed by atoms with van der Waals surface area (Å²) in [5.41, 5.74) is 6.26. The molecule has 4 rings (SSSR count). The van der Waals surface area contributed by atoms with Gasteiger partial charge in [0.1, 0.15) is 0 Å². The number of hydrogen-bond acceptors (Lipinski definition) is 3. The fourth-order valence-corrected chi connectivity index (χ4v) is 3.75. The Balaban J connectivity index is 1.45. The zero-order valence-electron chi connectivity index (χ0n) is 15.6. The first kappa shape index (κ1) is 17.0. The highest BCUT2D eigenvalue weighted by Crippen LogP contribution is 2.30. The third-order valence-corrected chi connectivity index (χ3v) is 5.29. The van der Waals surface area contributed by atoms with Gasteiger partial charge in [-0.1, -0.05) is 29.8 Å². The van der Waals surface area contributed by atoms with E-state index in [1.54, 1.807) is 0 Å². The van der Waals surface area contributed by atoms with Crippen LogP contribution in [-0.4, -0.2) is 32.8 Å². The van der Waals surface area contributed by atoms with Gasteiger partial charge in [-0.15, -0.1) is 0 Å². The fraction of sp³-hybridized carbons (Fsp3) is 0.364. The van der Waals surface area contributed by atoms with Gasteiger partial charge in [-0.3, -0.25) is 14.6 Å². The van der Waals surface area contributed by atoms with Gasteiger partial charge < -0.3 is 0 Å². The van der Waals surface area contributed by atoms with E-state index in [9.17, 15) is 0 Å². The topological polar surface area (TPSA) is 34.0 Å². The van der Waals surface area contributed by atoms with Crippen molar-refractivity contribution < 1.29 is 0 Å². The molecule has 1 fully saturated rings. The third-order valence-electron chi connectivity index (χ3n) is 5.29. The van der Waals surface area contributed by atoms with Crippen molar-refractivity contribution in [3.05, 3.63) is 71.7 Å². The number of aryl methyl sites for hydroxylation is 2. The molecule has 1 atom stereocenters. The molecule has 0 N–H and O–H groups in total. The van der Waals surface area contributed by atoms with Crippen LogP contribution in [0.2, 0.25) is 0 Å². The zero-order chi connectivity index (χ0) is 17.9. The van der Waals surface area contributed by atoms with Crippen molar-refractivity contribution in [3.63, 3.8) is 0 Å². The second-order valence-electron chi connectivity index (χ2n) is 7.27. The molecule has 26 heavy (non-hydrogen) atoms. The van der Waals surface area contributed by atoms with Gasteiger partial charge in [0.25, 0.3) is 0 Å². The molecule has 2 aromatic heterocycles. The van der Waals surface area contributed by atoms with Crippen LogP contribution in [0, 0.1) is 6.92 Å². The Bertz CT molecular complexity index is 866. The molecule has 1 aliphatic heterocycles. The lowest BCUT2D eigenvalue weighted by atomic mass is 9.97. The lowest BCUT2D eigenvalue weighted by Gasteiger charge is -2.15. The molecule has 1 aliphatic rings. The first-order chi connectivity index (χ1) is 12.7. The first-order valence-electron chi connectivity index (χ1n) is 9.48. The quantitative estimate of drug-likeness (QED) is 0.692. The van der Waals surface area contributed by atoms with E-state index in [4.69, 9.17) is 0 Å². The maximum atomic E-state index is 4.58. The van der Waals surface area contributed by atoms with E-state index in [1.807, 2.05) is 17.1 Å². The first-order valence-corrected chi connectivity index (χ1v) is 9.48. The Kier molecular flexibility index (Phi) is 4.85. The van der Waals surface area contributed by atoms with E-state index in [0.29, 0.717) is 5.92 Å². The Labute approximate surface area is 155 Å². The van der Waals surface area contributed by atoms with E-state index < -0.39 is 0 Å². The summed E-state index contributed by atoms with van der Waals surface area (Å²) in [5, 5.41) is 4.39. The summed E-state index contributed by atoms with van der Waals surface area (Å²) in [6.07, 6.45) is 7.33. The summed E-state index contributed by atoms with van der Waals surface area (Å²) in [6, 6.07) is 13.1. The number of aromatic nitrogens is 3. The van der Waals surface area contributed by atoms with E-state index in [-0.39, 0.29) is 0 Å². The minimum Gasteiger partial charge on any atom is -0.298 e. The number of benzene rings is 1. The molecule has 0 unspecified atom stereocenters. The Morgan fingerprint density at radius 2 is 2.00 bits per heavy atom. The average molecular weight is 346 g/mol. The number of hydrogen-bond donors (Lipinski definition) is 0. The van der Waals surface area contributed by atoms with Crippen LogP contribution in [0.3, 0.4) is 0 Å². The molecule has 134 valence electrons. The maximum Gasteiger partial charge on any atom is 0.0704 e. The van der Waals surface area contributed by atoms with Gasteiger partial charge in [0.05, 0.1) is 11.9 Å². The summed E-state index contributed by atoms with van der Waals surface area (Å²) >= 11 is 0. The molecule has 0 saturated carbocycles. The predicted octanol–water partition coefficient (Wildman–Crippen LogP) is 4.26. The van der Waals surface area contributed by atoms with Crippen molar-refractivity contribution in [3.8, 4) is 11.3 Å². The number of nitrogens with zero attached hydrogens (tertiary/aromatic N) is 4. The second-order valence-corrected chi connectivity index (χ2v) is 7.27.